The number of hydrogen-bond donors (Lipinski definition) is 0. The maximum absolute atomic E-state index is 11.6. The molecule has 1 saturated heterocycles. The zero-order valence-electron chi connectivity index (χ0n) is 6.75. The van der Waals surface area contributed by atoms with Gasteiger partial charge in [-0.15, -0.1) is 12.3 Å². The Labute approximate surface area is 67.8 Å². The monoisotopic (exact) mass is 172 g/mol. The van der Waals surface area contributed by atoms with Crippen LogP contribution < -0.4 is 0 Å². The van der Waals surface area contributed by atoms with Crippen LogP contribution in [0.15, 0.2) is 0 Å². The van der Waals surface area contributed by atoms with Crippen molar-refractivity contribution < 1.29 is 9.09 Å². The van der Waals surface area contributed by atoms with Gasteiger partial charge in [0, 0.05) is 25.4 Å². The van der Waals surface area contributed by atoms with Gasteiger partial charge in [0.05, 0.1) is 0 Å². The minimum Gasteiger partial charge on any atom is -0.332 e. The van der Waals surface area contributed by atoms with Crippen molar-refractivity contribution in [3.63, 3.8) is 0 Å². The van der Waals surface area contributed by atoms with E-state index in [9.17, 15) is 4.57 Å². The third kappa shape index (κ3) is 2.09. The fraction of sp³-hybridized carbons (Fsp3) is 0.750. The summed E-state index contributed by atoms with van der Waals surface area (Å²) in [6.45, 7) is 0. The summed E-state index contributed by atoms with van der Waals surface area (Å²) in [5, 5.41) is 0. The van der Waals surface area contributed by atoms with E-state index in [0.717, 1.165) is 12.8 Å². The highest BCUT2D eigenvalue weighted by Crippen LogP contribution is 2.51. The lowest BCUT2D eigenvalue weighted by Crippen LogP contribution is -2.13. The summed E-state index contributed by atoms with van der Waals surface area (Å²) in [5.41, 5.74) is 0. The molecule has 0 aromatic rings. The van der Waals surface area contributed by atoms with Crippen LogP contribution >= 0.6 is 7.37 Å². The molecule has 0 atom stereocenters. The van der Waals surface area contributed by atoms with E-state index < -0.39 is 7.37 Å². The molecule has 1 aliphatic rings. The third-order valence-corrected chi connectivity index (χ3v) is 4.75. The molecule has 0 radical (unpaired) electrons. The molecular weight excluding hydrogens is 159 g/mol. The first-order chi connectivity index (χ1) is 5.20. The molecule has 0 aromatic heterocycles. The molecule has 2 nitrogen and oxygen atoms in total. The molecule has 1 aliphatic heterocycles. The normalized spacial score (nSPS) is 38.0. The zero-order chi connectivity index (χ0) is 8.32. The summed E-state index contributed by atoms with van der Waals surface area (Å²) < 4.78 is 16.5. The molecule has 0 aliphatic carbocycles. The van der Waals surface area contributed by atoms with Gasteiger partial charge < -0.3 is 4.52 Å². The summed E-state index contributed by atoms with van der Waals surface area (Å²) in [4.78, 5) is 0. The van der Waals surface area contributed by atoms with E-state index in [2.05, 4.69) is 5.92 Å². The van der Waals surface area contributed by atoms with Gasteiger partial charge in [-0.1, -0.05) is 0 Å². The first-order valence-corrected chi connectivity index (χ1v) is 5.79. The highest BCUT2D eigenvalue weighted by molar-refractivity contribution is 7.59. The topological polar surface area (TPSA) is 26.3 Å². The Hall–Kier alpha value is -0.250. The largest absolute Gasteiger partial charge is 0.332 e. The van der Waals surface area contributed by atoms with Crippen LogP contribution in [0.2, 0.25) is 0 Å². The first-order valence-electron chi connectivity index (χ1n) is 3.80. The number of hydrogen-bond acceptors (Lipinski definition) is 2. The van der Waals surface area contributed by atoms with Gasteiger partial charge >= 0.3 is 0 Å². The van der Waals surface area contributed by atoms with Crippen molar-refractivity contribution in [3.05, 3.63) is 0 Å². The summed E-state index contributed by atoms with van der Waals surface area (Å²) in [5.74, 6) is 3.02. The van der Waals surface area contributed by atoms with E-state index in [4.69, 9.17) is 10.9 Å². The van der Waals surface area contributed by atoms with Gasteiger partial charge in [0.2, 0.25) is 7.37 Å². The van der Waals surface area contributed by atoms with Gasteiger partial charge in [0.25, 0.3) is 0 Å². The molecule has 0 spiro atoms. The summed E-state index contributed by atoms with van der Waals surface area (Å²) >= 11 is 0. The second kappa shape index (κ2) is 3.43. The number of rotatable bonds is 1. The Bertz CT molecular complexity index is 205. The molecule has 0 unspecified atom stereocenters. The van der Waals surface area contributed by atoms with Crippen molar-refractivity contribution in [3.8, 4) is 12.3 Å². The molecule has 1 rings (SSSR count). The Morgan fingerprint density at radius 2 is 2.09 bits per heavy atom. The number of terminal acetylenes is 1. The molecule has 1 heterocycles. The first kappa shape index (κ1) is 8.84. The summed E-state index contributed by atoms with van der Waals surface area (Å²) in [6, 6.07) is 0. The Kier molecular flexibility index (Phi) is 2.76. The smallest absolute Gasteiger partial charge is 0.202 e. The molecule has 11 heavy (non-hydrogen) atoms. The molecule has 1 fully saturated rings. The summed E-state index contributed by atoms with van der Waals surface area (Å²) in [6.07, 6.45) is 8.31. The Morgan fingerprint density at radius 1 is 1.55 bits per heavy atom. The predicted octanol–water partition coefficient (Wildman–Crippen LogP) is 1.95. The summed E-state index contributed by atoms with van der Waals surface area (Å²) in [7, 11) is -0.716. The highest BCUT2D eigenvalue weighted by Gasteiger charge is 2.28. The Morgan fingerprint density at radius 3 is 2.45 bits per heavy atom. The van der Waals surface area contributed by atoms with E-state index in [-0.39, 0.29) is 0 Å². The molecule has 0 aromatic carbocycles. The van der Waals surface area contributed by atoms with Crippen LogP contribution in [0.25, 0.3) is 0 Å². The van der Waals surface area contributed by atoms with Gasteiger partial charge in [0.1, 0.15) is 0 Å². The molecule has 0 N–H and O–H groups in total. The van der Waals surface area contributed by atoms with Crippen molar-refractivity contribution in [2.24, 2.45) is 5.92 Å². The fourth-order valence-electron chi connectivity index (χ4n) is 1.31. The zero-order valence-corrected chi connectivity index (χ0v) is 7.64. The van der Waals surface area contributed by atoms with Crippen LogP contribution in [0, 0.1) is 18.3 Å². The standard InChI is InChI=1S/C8H13O2P/c1-3-8-4-6-11(9,10-2)7-5-8/h1,8H,4-7H2,2H3. The van der Waals surface area contributed by atoms with Crippen molar-refractivity contribution >= 4 is 7.37 Å². The fourth-order valence-corrected chi connectivity index (χ4v) is 3.31. The molecule has 0 amide bonds. The second-order valence-electron chi connectivity index (χ2n) is 2.89. The average Bonchev–Trinajstić information content (AvgIpc) is 2.06. The van der Waals surface area contributed by atoms with Gasteiger partial charge in [-0.25, -0.2) is 0 Å². The van der Waals surface area contributed by atoms with Crippen molar-refractivity contribution in [2.75, 3.05) is 19.4 Å². The molecule has 62 valence electrons. The maximum atomic E-state index is 11.6. The second-order valence-corrected chi connectivity index (χ2v) is 5.77. The Balaban J connectivity index is 2.49. The van der Waals surface area contributed by atoms with Crippen molar-refractivity contribution in [1.29, 1.82) is 0 Å². The molecular formula is C8H13O2P. The third-order valence-electron chi connectivity index (χ3n) is 2.20. The van der Waals surface area contributed by atoms with Crippen LogP contribution in [-0.4, -0.2) is 19.4 Å². The van der Waals surface area contributed by atoms with Crippen LogP contribution in [0.3, 0.4) is 0 Å². The van der Waals surface area contributed by atoms with Crippen LogP contribution in [0.4, 0.5) is 0 Å². The average molecular weight is 172 g/mol. The van der Waals surface area contributed by atoms with Crippen LogP contribution in [0.1, 0.15) is 12.8 Å². The lowest BCUT2D eigenvalue weighted by molar-refractivity contribution is 0.377. The van der Waals surface area contributed by atoms with Gasteiger partial charge in [0.15, 0.2) is 0 Å². The minimum atomic E-state index is -2.24. The van der Waals surface area contributed by atoms with Gasteiger partial charge in [-0.05, 0) is 12.8 Å². The minimum absolute atomic E-state index is 0.326. The SMILES string of the molecule is C#CC1CCP(=O)(OC)CC1. The van der Waals surface area contributed by atoms with E-state index in [0.29, 0.717) is 18.2 Å². The van der Waals surface area contributed by atoms with E-state index in [1.54, 1.807) is 0 Å². The molecule has 0 bridgehead atoms. The predicted molar refractivity (Wildman–Crippen MR) is 45.9 cm³/mol. The van der Waals surface area contributed by atoms with Crippen LogP contribution in [-0.2, 0) is 9.09 Å². The van der Waals surface area contributed by atoms with Crippen LogP contribution in [0.5, 0.6) is 0 Å². The highest BCUT2D eigenvalue weighted by atomic mass is 31.2. The van der Waals surface area contributed by atoms with Crippen molar-refractivity contribution in [2.45, 2.75) is 12.8 Å². The van der Waals surface area contributed by atoms with Crippen molar-refractivity contribution in [1.82, 2.24) is 0 Å². The lowest BCUT2D eigenvalue weighted by Gasteiger charge is -2.24. The van der Waals surface area contributed by atoms with Gasteiger partial charge in [-0.3, -0.25) is 4.57 Å². The van der Waals surface area contributed by atoms with E-state index in [1.165, 1.54) is 7.11 Å². The maximum Gasteiger partial charge on any atom is 0.202 e. The lowest BCUT2D eigenvalue weighted by atomic mass is 10.1. The molecule has 3 heteroatoms. The quantitative estimate of drug-likeness (QED) is 0.446. The van der Waals surface area contributed by atoms with E-state index in [1.807, 2.05) is 0 Å². The van der Waals surface area contributed by atoms with Gasteiger partial charge in [-0.2, -0.15) is 0 Å². The van der Waals surface area contributed by atoms with E-state index >= 15 is 0 Å². The molecule has 0 saturated carbocycles.